The van der Waals surface area contributed by atoms with Gasteiger partial charge >= 0.3 is 37.9 Å². The van der Waals surface area contributed by atoms with Gasteiger partial charge in [-0.3, -0.25) is 0 Å². The van der Waals surface area contributed by atoms with Gasteiger partial charge in [0.25, 0.3) is 0 Å². The molecule has 8 aromatic rings. The summed E-state index contributed by atoms with van der Waals surface area (Å²) < 4.78 is 0. The third-order valence-electron chi connectivity index (χ3n) is 12.4. The number of rotatable bonds is 10. The molecule has 58 heavy (non-hydrogen) atoms. The van der Waals surface area contributed by atoms with Crippen LogP contribution in [0.4, 0.5) is 0 Å². The zero-order valence-corrected chi connectivity index (χ0v) is 39.7. The van der Waals surface area contributed by atoms with E-state index in [2.05, 4.69) is 173 Å². The molecule has 2 radical (unpaired) electrons. The van der Waals surface area contributed by atoms with Gasteiger partial charge in [0.05, 0.1) is 0 Å². The molecule has 0 amide bonds. The molecule has 0 atom stereocenters. The normalized spacial score (nSPS) is 14.4. The van der Waals surface area contributed by atoms with E-state index in [0.717, 1.165) is 9.52 Å². The Morgan fingerprint density at radius 3 is 1.19 bits per heavy atom. The molecule has 0 N–H and O–H groups in total. The van der Waals surface area contributed by atoms with Crippen molar-refractivity contribution in [2.75, 3.05) is 0 Å². The first kappa shape index (κ1) is 42.8. The molecule has 8 aromatic carbocycles. The average Bonchev–Trinajstić information content (AvgIpc) is 4.08. The van der Waals surface area contributed by atoms with Crippen LogP contribution in [0.3, 0.4) is 0 Å². The second-order valence-corrected chi connectivity index (χ2v) is 21.6. The molecule has 0 unspecified atom stereocenters. The van der Waals surface area contributed by atoms with Gasteiger partial charge in [-0.15, -0.1) is 69.1 Å². The molecule has 0 bridgehead atoms. The first-order valence-electron chi connectivity index (χ1n) is 21.3. The predicted molar refractivity (Wildman–Crippen MR) is 255 cm³/mol. The van der Waals surface area contributed by atoms with Crippen LogP contribution in [0.5, 0.6) is 0 Å². The van der Waals surface area contributed by atoms with Gasteiger partial charge in [-0.05, 0) is 94.9 Å². The summed E-state index contributed by atoms with van der Waals surface area (Å²) in [7, 11) is 11.0. The van der Waals surface area contributed by atoms with Gasteiger partial charge in [0.2, 0.25) is 0 Å². The van der Waals surface area contributed by atoms with Crippen LogP contribution in [-0.4, -0.2) is 9.52 Å². The van der Waals surface area contributed by atoms with Crippen LogP contribution in [0.2, 0.25) is 13.1 Å². The van der Waals surface area contributed by atoms with E-state index in [1.807, 2.05) is 0 Å². The Labute approximate surface area is 368 Å². The van der Waals surface area contributed by atoms with E-state index < -0.39 is 20.8 Å². The summed E-state index contributed by atoms with van der Waals surface area (Å²) >= 11 is -0.826. The monoisotopic (exact) mass is 892 g/mol. The molecule has 0 aliphatic heterocycles. The van der Waals surface area contributed by atoms with Gasteiger partial charge in [-0.1, -0.05) is 148 Å². The Bertz CT molecular complexity index is 2380. The molecule has 294 valence electrons. The van der Waals surface area contributed by atoms with Gasteiger partial charge in [0.1, 0.15) is 0 Å². The predicted octanol–water partition coefficient (Wildman–Crippen LogP) is 17.2. The Morgan fingerprint density at radius 1 is 0.500 bits per heavy atom. The summed E-state index contributed by atoms with van der Waals surface area (Å²) in [6.45, 7) is 8.94. The summed E-state index contributed by atoms with van der Waals surface area (Å²) in [5.41, 5.74) is 9.70. The molecule has 2 aliphatic carbocycles. The Balaban J connectivity index is 0.000000156. The van der Waals surface area contributed by atoms with Gasteiger partial charge in [-0.2, -0.15) is 12.1 Å². The second-order valence-electron chi connectivity index (χ2n) is 16.8. The van der Waals surface area contributed by atoms with E-state index in [4.69, 9.17) is 17.0 Å². The van der Waals surface area contributed by atoms with E-state index in [9.17, 15) is 0 Å². The van der Waals surface area contributed by atoms with E-state index >= 15 is 0 Å². The van der Waals surface area contributed by atoms with Crippen molar-refractivity contribution in [3.8, 4) is 22.3 Å². The molecule has 4 heteroatoms. The maximum atomic E-state index is 4.93. The summed E-state index contributed by atoms with van der Waals surface area (Å²) in [4.78, 5) is 0. The van der Waals surface area contributed by atoms with E-state index in [-0.39, 0.29) is 0 Å². The molecule has 0 aromatic heterocycles. The van der Waals surface area contributed by atoms with Crippen molar-refractivity contribution in [3.63, 3.8) is 0 Å². The van der Waals surface area contributed by atoms with Gasteiger partial charge < -0.3 is 0 Å². The second kappa shape index (κ2) is 19.9. The molecule has 0 heterocycles. The Kier molecular flexibility index (Phi) is 14.7. The van der Waals surface area contributed by atoms with E-state index in [1.54, 1.807) is 0 Å². The average molecular weight is 895 g/mol. The Hall–Kier alpha value is -3.26. The molecule has 2 fully saturated rings. The van der Waals surface area contributed by atoms with Crippen molar-refractivity contribution >= 4 is 69.6 Å². The minimum absolute atomic E-state index is 0.610. The molecule has 0 nitrogen and oxygen atoms in total. The van der Waals surface area contributed by atoms with Crippen LogP contribution in [0.1, 0.15) is 76.3 Å². The van der Waals surface area contributed by atoms with Crippen molar-refractivity contribution in [3.05, 3.63) is 157 Å². The molecule has 2 saturated carbocycles. The summed E-state index contributed by atoms with van der Waals surface area (Å²) in [5.74, 6) is 0. The fourth-order valence-corrected chi connectivity index (χ4v) is 9.50. The van der Waals surface area contributed by atoms with Gasteiger partial charge in [0, 0.05) is 9.52 Å². The van der Waals surface area contributed by atoms with Crippen LogP contribution >= 0.6 is 17.0 Å². The van der Waals surface area contributed by atoms with Crippen molar-refractivity contribution in [1.29, 1.82) is 0 Å². The molecule has 0 spiro atoms. The van der Waals surface area contributed by atoms with Gasteiger partial charge in [-0.25, -0.2) is 0 Å². The quantitative estimate of drug-likeness (QED) is 0.0948. The maximum absolute atomic E-state index is 4.93. The zero-order chi connectivity index (χ0) is 40.5. The molecule has 10 rings (SSSR count). The minimum atomic E-state index is -0.826. The fraction of sp³-hybridized carbons (Fsp3) is 0.296. The SMILES string of the molecule is CCCC1(Cc2cc3c(-c4cccc5ccccc45)cccc3[cH-]2)CC1.CCCC1(Cc2cc3c(-c4cccc5ccccc45)cccc3[cH-]2)CC1.C[Si]C.[Cl][Zr+2][Cl]. The summed E-state index contributed by atoms with van der Waals surface area (Å²) in [5, 5.41) is 10.9. The van der Waals surface area contributed by atoms with E-state index in [0.29, 0.717) is 10.8 Å². The van der Waals surface area contributed by atoms with Crippen LogP contribution in [0.25, 0.3) is 65.3 Å². The molecule has 2 aliphatic rings. The fourth-order valence-electron chi connectivity index (χ4n) is 9.50. The molecule has 0 saturated heterocycles. The third-order valence-corrected chi connectivity index (χ3v) is 12.4. The topological polar surface area (TPSA) is 0 Å². The third kappa shape index (κ3) is 10.0. The van der Waals surface area contributed by atoms with Crippen molar-refractivity contribution in [1.82, 2.24) is 0 Å². The number of hydrogen-bond donors (Lipinski definition) is 0. The standard InChI is InChI=1S/2C26H25.C2H6Si.2ClH.Zr/c2*1-2-13-26(14-15-26)18-19-16-21-9-6-12-24(25(21)17-19)23-11-5-8-20-7-3-4-10-22(20)23;1-3-2;;;/h2*3-12,16-17H,2,13-15,18H2,1H3;1-2H3;2*1H;/q2*-1;;;;+4/p-2. The first-order valence-corrected chi connectivity index (χ1v) is 29.6. The number of hydrogen-bond acceptors (Lipinski definition) is 0. The van der Waals surface area contributed by atoms with Crippen LogP contribution < -0.4 is 0 Å². The van der Waals surface area contributed by atoms with Crippen LogP contribution in [-0.2, 0) is 33.7 Å². The van der Waals surface area contributed by atoms with E-state index in [1.165, 1.54) is 141 Å². The van der Waals surface area contributed by atoms with Gasteiger partial charge in [0.15, 0.2) is 0 Å². The Morgan fingerprint density at radius 2 is 0.828 bits per heavy atom. The summed E-state index contributed by atoms with van der Waals surface area (Å²) in [6.07, 6.45) is 13.5. The first-order chi connectivity index (χ1) is 28.4. The van der Waals surface area contributed by atoms with Crippen molar-refractivity contribution < 1.29 is 20.8 Å². The van der Waals surface area contributed by atoms with Crippen LogP contribution in [0, 0.1) is 10.8 Å². The summed E-state index contributed by atoms with van der Waals surface area (Å²) in [6, 6.07) is 54.0. The zero-order valence-electron chi connectivity index (χ0n) is 34.7. The number of fused-ring (bicyclic) bond motifs is 4. The van der Waals surface area contributed by atoms with Crippen molar-refractivity contribution in [2.24, 2.45) is 10.8 Å². The number of benzene rings is 6. The molecular weight excluding hydrogens is 839 g/mol. The van der Waals surface area contributed by atoms with Crippen molar-refractivity contribution in [2.45, 2.75) is 91.1 Å². The number of halogens is 2. The molecular formula is C54H56Cl2SiZr. The van der Waals surface area contributed by atoms with Crippen LogP contribution in [0.15, 0.2) is 146 Å².